The van der Waals surface area contributed by atoms with Gasteiger partial charge >= 0.3 is 0 Å². The molecule has 2 unspecified atom stereocenters. The molecule has 2 aliphatic rings. The quantitative estimate of drug-likeness (QED) is 0.483. The van der Waals surface area contributed by atoms with Crippen molar-refractivity contribution in [1.82, 2.24) is 9.80 Å². The summed E-state index contributed by atoms with van der Waals surface area (Å²) in [5.41, 5.74) is 0. The van der Waals surface area contributed by atoms with Crippen molar-refractivity contribution in [2.45, 2.75) is 86.5 Å². The van der Waals surface area contributed by atoms with Crippen LogP contribution < -0.4 is 0 Å². The molecule has 2 aliphatic heterocycles. The summed E-state index contributed by atoms with van der Waals surface area (Å²) in [6.07, 6.45) is 5.05. The number of carbonyl (C=O) groups excluding carboxylic acids is 4. The molecule has 0 N–H and O–H groups in total. The molecule has 6 nitrogen and oxygen atoms in total. The molecule has 33 heavy (non-hydrogen) atoms. The van der Waals surface area contributed by atoms with Crippen LogP contribution in [0.3, 0.4) is 0 Å². The number of nitrogens with zero attached hydrogens (tertiary/aromatic N) is 2. The van der Waals surface area contributed by atoms with Gasteiger partial charge in [-0.1, -0.05) is 41.5 Å². The first-order valence-electron chi connectivity index (χ1n) is 13.1. The van der Waals surface area contributed by atoms with Crippen LogP contribution in [0.25, 0.3) is 0 Å². The van der Waals surface area contributed by atoms with Gasteiger partial charge in [-0.3, -0.25) is 19.2 Å². The summed E-state index contributed by atoms with van der Waals surface area (Å²) in [6.45, 7) is 14.6. The average Bonchev–Trinajstić information content (AvgIpc) is 2.80. The van der Waals surface area contributed by atoms with Crippen LogP contribution >= 0.6 is 0 Å². The molecule has 0 spiro atoms. The van der Waals surface area contributed by atoms with Gasteiger partial charge in [-0.05, 0) is 44.4 Å². The van der Waals surface area contributed by atoms with Crippen LogP contribution in [-0.2, 0) is 19.2 Å². The topological polar surface area (TPSA) is 74.8 Å². The summed E-state index contributed by atoms with van der Waals surface area (Å²) < 4.78 is 0. The highest BCUT2D eigenvalue weighted by molar-refractivity contribution is 5.85. The van der Waals surface area contributed by atoms with E-state index in [-0.39, 0.29) is 41.4 Å². The van der Waals surface area contributed by atoms with Crippen molar-refractivity contribution in [2.24, 2.45) is 35.5 Å². The maximum atomic E-state index is 13.0. The number of ketones is 2. The van der Waals surface area contributed by atoms with E-state index < -0.39 is 0 Å². The van der Waals surface area contributed by atoms with Gasteiger partial charge < -0.3 is 9.80 Å². The number of likely N-dealkylation sites (tertiary alicyclic amines) is 2. The fourth-order valence-electron chi connectivity index (χ4n) is 5.23. The Hall–Kier alpha value is -1.72. The normalized spacial score (nSPS) is 20.2. The van der Waals surface area contributed by atoms with Crippen molar-refractivity contribution in [1.29, 1.82) is 0 Å². The predicted octanol–water partition coefficient (Wildman–Crippen LogP) is 4.36. The molecule has 2 saturated heterocycles. The highest BCUT2D eigenvalue weighted by Crippen LogP contribution is 2.27. The van der Waals surface area contributed by atoms with Crippen LogP contribution in [0.2, 0.25) is 0 Å². The Kier molecular flexibility index (Phi) is 10.6. The van der Waals surface area contributed by atoms with E-state index in [0.29, 0.717) is 56.5 Å². The molecule has 6 heteroatoms. The maximum absolute atomic E-state index is 13.0. The SMILES string of the molecule is CC(C)CC(=O)N1CCC(C(=O)C(C)CCC(C)C(=O)N2CCC(C(=O)C(C)C)CC2)CC1. The van der Waals surface area contributed by atoms with Crippen LogP contribution in [-0.4, -0.2) is 59.4 Å². The van der Waals surface area contributed by atoms with Crippen molar-refractivity contribution >= 4 is 23.4 Å². The molecule has 0 saturated carbocycles. The van der Waals surface area contributed by atoms with Crippen LogP contribution in [0.1, 0.15) is 86.5 Å². The Bertz CT molecular complexity index is 686. The smallest absolute Gasteiger partial charge is 0.225 e. The van der Waals surface area contributed by atoms with Crippen molar-refractivity contribution in [3.05, 3.63) is 0 Å². The zero-order chi connectivity index (χ0) is 24.7. The van der Waals surface area contributed by atoms with Gasteiger partial charge in [0.15, 0.2) is 0 Å². The number of piperidine rings is 2. The van der Waals surface area contributed by atoms with E-state index in [1.165, 1.54) is 0 Å². The Morgan fingerprint density at radius 2 is 1.12 bits per heavy atom. The van der Waals surface area contributed by atoms with Gasteiger partial charge in [0, 0.05) is 62.2 Å². The van der Waals surface area contributed by atoms with E-state index in [4.69, 9.17) is 0 Å². The Morgan fingerprint density at radius 1 is 0.667 bits per heavy atom. The largest absolute Gasteiger partial charge is 0.343 e. The minimum Gasteiger partial charge on any atom is -0.343 e. The molecule has 0 radical (unpaired) electrons. The lowest BCUT2D eigenvalue weighted by Crippen LogP contribution is -2.43. The molecular formula is C27H46N2O4. The van der Waals surface area contributed by atoms with Gasteiger partial charge in [-0.15, -0.1) is 0 Å². The second-order valence-electron chi connectivity index (χ2n) is 11.2. The number of rotatable bonds is 10. The van der Waals surface area contributed by atoms with Gasteiger partial charge in [0.1, 0.15) is 11.6 Å². The maximum Gasteiger partial charge on any atom is 0.225 e. The fraction of sp³-hybridized carbons (Fsp3) is 0.852. The summed E-state index contributed by atoms with van der Waals surface area (Å²) in [6, 6.07) is 0. The van der Waals surface area contributed by atoms with E-state index in [2.05, 4.69) is 13.8 Å². The van der Waals surface area contributed by atoms with Gasteiger partial charge in [0.2, 0.25) is 11.8 Å². The number of carbonyl (C=O) groups is 4. The number of hydrogen-bond donors (Lipinski definition) is 0. The summed E-state index contributed by atoms with van der Waals surface area (Å²) >= 11 is 0. The van der Waals surface area contributed by atoms with Gasteiger partial charge in [0.25, 0.3) is 0 Å². The standard InChI is InChI=1S/C27H46N2O4/c1-18(2)17-24(30)28-13-9-23(10-14-28)26(32)20(5)7-8-21(6)27(33)29-15-11-22(12-16-29)25(31)19(3)4/h18-23H,7-17H2,1-6H3. The van der Waals surface area contributed by atoms with E-state index in [1.807, 2.05) is 37.5 Å². The Balaban J connectivity index is 1.72. The highest BCUT2D eigenvalue weighted by Gasteiger charge is 2.32. The summed E-state index contributed by atoms with van der Waals surface area (Å²) in [5, 5.41) is 0. The Morgan fingerprint density at radius 3 is 1.61 bits per heavy atom. The third-order valence-corrected chi connectivity index (χ3v) is 7.55. The van der Waals surface area contributed by atoms with Gasteiger partial charge in [-0.2, -0.15) is 0 Å². The molecule has 2 fully saturated rings. The monoisotopic (exact) mass is 462 g/mol. The van der Waals surface area contributed by atoms with Crippen molar-refractivity contribution in [2.75, 3.05) is 26.2 Å². The number of hydrogen-bond acceptors (Lipinski definition) is 4. The molecule has 2 atom stereocenters. The molecular weight excluding hydrogens is 416 g/mol. The lowest BCUT2D eigenvalue weighted by molar-refractivity contribution is -0.139. The van der Waals surface area contributed by atoms with Gasteiger partial charge in [-0.25, -0.2) is 0 Å². The molecule has 2 heterocycles. The molecule has 0 bridgehead atoms. The third kappa shape index (κ3) is 7.92. The second kappa shape index (κ2) is 12.7. The Labute approximate surface area is 200 Å². The lowest BCUT2D eigenvalue weighted by Gasteiger charge is -2.34. The minimum atomic E-state index is -0.104. The molecule has 0 aromatic rings. The summed E-state index contributed by atoms with van der Waals surface area (Å²) in [4.78, 5) is 54.1. The first kappa shape index (κ1) is 27.5. The predicted molar refractivity (Wildman–Crippen MR) is 130 cm³/mol. The van der Waals surface area contributed by atoms with Crippen molar-refractivity contribution in [3.63, 3.8) is 0 Å². The van der Waals surface area contributed by atoms with Crippen molar-refractivity contribution < 1.29 is 19.2 Å². The van der Waals surface area contributed by atoms with E-state index >= 15 is 0 Å². The molecule has 0 aromatic heterocycles. The fourth-order valence-corrected chi connectivity index (χ4v) is 5.23. The van der Waals surface area contributed by atoms with E-state index in [1.54, 1.807) is 0 Å². The van der Waals surface area contributed by atoms with E-state index in [9.17, 15) is 19.2 Å². The highest BCUT2D eigenvalue weighted by atomic mass is 16.2. The number of amides is 2. The number of Topliss-reactive ketones (excluding diaryl/α,β-unsaturated/α-hetero) is 2. The van der Waals surface area contributed by atoms with Crippen LogP contribution in [0.5, 0.6) is 0 Å². The van der Waals surface area contributed by atoms with Crippen LogP contribution in [0, 0.1) is 35.5 Å². The first-order chi connectivity index (χ1) is 15.5. The van der Waals surface area contributed by atoms with Crippen LogP contribution in [0.4, 0.5) is 0 Å². The average molecular weight is 463 g/mol. The molecule has 0 aliphatic carbocycles. The first-order valence-corrected chi connectivity index (χ1v) is 13.1. The second-order valence-corrected chi connectivity index (χ2v) is 11.2. The summed E-state index contributed by atoms with van der Waals surface area (Å²) in [5.74, 6) is 1.34. The summed E-state index contributed by atoms with van der Waals surface area (Å²) in [7, 11) is 0. The van der Waals surface area contributed by atoms with Crippen LogP contribution in [0.15, 0.2) is 0 Å². The molecule has 0 aromatic carbocycles. The molecule has 188 valence electrons. The third-order valence-electron chi connectivity index (χ3n) is 7.55. The van der Waals surface area contributed by atoms with Gasteiger partial charge in [0.05, 0.1) is 0 Å². The van der Waals surface area contributed by atoms with E-state index in [0.717, 1.165) is 32.1 Å². The zero-order valence-electron chi connectivity index (χ0n) is 21.8. The molecule has 2 amide bonds. The zero-order valence-corrected chi connectivity index (χ0v) is 21.8. The van der Waals surface area contributed by atoms with Crippen molar-refractivity contribution in [3.8, 4) is 0 Å². The minimum absolute atomic E-state index is 0.0339. The molecule has 2 rings (SSSR count). The lowest BCUT2D eigenvalue weighted by atomic mass is 9.83.